The first-order chi connectivity index (χ1) is 9.87. The van der Waals surface area contributed by atoms with Crippen LogP contribution >= 0.6 is 11.6 Å². The highest BCUT2D eigenvalue weighted by molar-refractivity contribution is 6.31. The molecule has 3 nitrogen and oxygen atoms in total. The molecule has 1 aliphatic heterocycles. The Morgan fingerprint density at radius 2 is 2.10 bits per heavy atom. The van der Waals surface area contributed by atoms with Crippen molar-refractivity contribution in [1.29, 1.82) is 0 Å². The van der Waals surface area contributed by atoms with E-state index in [1.165, 1.54) is 19.3 Å². The zero-order valence-electron chi connectivity index (χ0n) is 13.7. The Bertz CT molecular complexity index is 471. The maximum absolute atomic E-state index is 6.28. The lowest BCUT2D eigenvalue weighted by atomic mass is 9.85. The fourth-order valence-corrected chi connectivity index (χ4v) is 2.91. The second-order valence-corrected chi connectivity index (χ2v) is 7.58. The topological polar surface area (TPSA) is 28.2 Å². The van der Waals surface area contributed by atoms with Gasteiger partial charge in [-0.2, -0.15) is 0 Å². The first-order valence-corrected chi connectivity index (χ1v) is 8.38. The number of nitrogens with zero attached hydrogens (tertiary/aromatic N) is 2. The average Bonchev–Trinajstić information content (AvgIpc) is 2.59. The number of aromatic nitrogens is 1. The molecule has 0 aromatic carbocycles. The molecule has 0 spiro atoms. The number of halogens is 1. The molecule has 4 heteroatoms. The molecule has 0 aliphatic carbocycles. The minimum absolute atomic E-state index is 0.448. The van der Waals surface area contributed by atoms with Crippen molar-refractivity contribution >= 4 is 17.4 Å². The predicted molar refractivity (Wildman–Crippen MR) is 91.1 cm³/mol. The lowest BCUT2D eigenvalue weighted by Gasteiger charge is -2.24. The van der Waals surface area contributed by atoms with Crippen LogP contribution in [0.4, 0.5) is 5.82 Å². The van der Waals surface area contributed by atoms with Crippen molar-refractivity contribution in [2.24, 2.45) is 5.41 Å². The van der Waals surface area contributed by atoms with Gasteiger partial charge in [0, 0.05) is 31.9 Å². The van der Waals surface area contributed by atoms with E-state index >= 15 is 0 Å². The number of hydrogen-bond donors (Lipinski definition) is 1. The second-order valence-electron chi connectivity index (χ2n) is 7.17. The van der Waals surface area contributed by atoms with Gasteiger partial charge in [-0.1, -0.05) is 39.3 Å². The van der Waals surface area contributed by atoms with Crippen molar-refractivity contribution in [1.82, 2.24) is 10.3 Å². The Balaban J connectivity index is 2.10. The molecule has 2 rings (SSSR count). The van der Waals surface area contributed by atoms with Crippen LogP contribution in [0.1, 0.15) is 52.5 Å². The predicted octanol–water partition coefficient (Wildman–Crippen LogP) is 4.25. The normalized spacial score (nSPS) is 18.9. The molecular weight excluding hydrogens is 282 g/mol. The van der Waals surface area contributed by atoms with Gasteiger partial charge in [-0.25, -0.2) is 4.98 Å². The molecule has 0 radical (unpaired) electrons. The first-order valence-electron chi connectivity index (χ1n) is 8.00. The molecule has 1 aromatic heterocycles. The van der Waals surface area contributed by atoms with E-state index in [0.29, 0.717) is 11.5 Å². The largest absolute Gasteiger partial charge is 0.357 e. The summed E-state index contributed by atoms with van der Waals surface area (Å²) >= 11 is 6.28. The smallest absolute Gasteiger partial charge is 0.128 e. The molecule has 0 atom stereocenters. The third-order valence-electron chi connectivity index (χ3n) is 4.29. The summed E-state index contributed by atoms with van der Waals surface area (Å²) in [7, 11) is 0. The van der Waals surface area contributed by atoms with E-state index < -0.39 is 0 Å². The molecule has 1 saturated heterocycles. The van der Waals surface area contributed by atoms with Crippen molar-refractivity contribution < 1.29 is 0 Å². The maximum Gasteiger partial charge on any atom is 0.128 e. The van der Waals surface area contributed by atoms with Gasteiger partial charge in [0.2, 0.25) is 0 Å². The minimum atomic E-state index is 0.448. The van der Waals surface area contributed by atoms with Crippen LogP contribution in [0.25, 0.3) is 0 Å². The molecule has 1 aliphatic rings. The van der Waals surface area contributed by atoms with E-state index in [1.807, 2.05) is 0 Å². The Morgan fingerprint density at radius 1 is 1.33 bits per heavy atom. The Hall–Kier alpha value is -0.800. The zero-order valence-corrected chi connectivity index (χ0v) is 14.5. The molecule has 118 valence electrons. The fourth-order valence-electron chi connectivity index (χ4n) is 2.74. The van der Waals surface area contributed by atoms with Gasteiger partial charge < -0.3 is 10.2 Å². The van der Waals surface area contributed by atoms with Crippen LogP contribution in [0.5, 0.6) is 0 Å². The third kappa shape index (κ3) is 4.86. The van der Waals surface area contributed by atoms with Crippen LogP contribution < -0.4 is 10.2 Å². The van der Waals surface area contributed by atoms with E-state index in [1.54, 1.807) is 6.20 Å². The van der Waals surface area contributed by atoms with Crippen LogP contribution in [0.15, 0.2) is 12.3 Å². The Morgan fingerprint density at radius 3 is 2.81 bits per heavy atom. The highest BCUT2D eigenvalue weighted by Crippen LogP contribution is 2.31. The van der Waals surface area contributed by atoms with E-state index in [0.717, 1.165) is 36.0 Å². The summed E-state index contributed by atoms with van der Waals surface area (Å²) in [5, 5.41) is 4.18. The molecule has 0 unspecified atom stereocenters. The molecule has 0 amide bonds. The van der Waals surface area contributed by atoms with Gasteiger partial charge in [0.05, 0.1) is 5.02 Å². The van der Waals surface area contributed by atoms with Gasteiger partial charge in [-0.05, 0) is 36.3 Å². The standard InChI is InChI=1S/C17H28ClN3/c1-13(2)19-11-14-10-16(20-12-15(14)18)21-8-5-6-17(3,4)7-9-21/h10,12-13,19H,5-9,11H2,1-4H3. The fraction of sp³-hybridized carbons (Fsp3) is 0.706. The van der Waals surface area contributed by atoms with E-state index in [9.17, 15) is 0 Å². The summed E-state index contributed by atoms with van der Waals surface area (Å²) in [6, 6.07) is 2.60. The lowest BCUT2D eigenvalue weighted by Crippen LogP contribution is -2.27. The summed E-state index contributed by atoms with van der Waals surface area (Å²) in [6.45, 7) is 12.0. The third-order valence-corrected chi connectivity index (χ3v) is 4.63. The summed E-state index contributed by atoms with van der Waals surface area (Å²) in [4.78, 5) is 6.95. The molecule has 2 heterocycles. The molecule has 1 fully saturated rings. The van der Waals surface area contributed by atoms with Gasteiger partial charge in [-0.3, -0.25) is 0 Å². The number of rotatable bonds is 4. The summed E-state index contributed by atoms with van der Waals surface area (Å²) in [5.74, 6) is 1.07. The molecular formula is C17H28ClN3. The van der Waals surface area contributed by atoms with Crippen LogP contribution in [-0.4, -0.2) is 24.1 Å². The number of anilines is 1. The second kappa shape index (κ2) is 6.97. The summed E-state index contributed by atoms with van der Waals surface area (Å²) < 4.78 is 0. The van der Waals surface area contributed by atoms with Gasteiger partial charge in [0.25, 0.3) is 0 Å². The van der Waals surface area contributed by atoms with Crippen molar-refractivity contribution in [2.45, 2.75) is 59.5 Å². The Labute approximate surface area is 134 Å². The van der Waals surface area contributed by atoms with Crippen LogP contribution in [0, 0.1) is 5.41 Å². The SMILES string of the molecule is CC(C)NCc1cc(N2CCCC(C)(C)CC2)ncc1Cl. The highest BCUT2D eigenvalue weighted by atomic mass is 35.5. The molecule has 0 bridgehead atoms. The average molecular weight is 310 g/mol. The molecule has 1 aromatic rings. The van der Waals surface area contributed by atoms with Crippen molar-refractivity contribution in [3.63, 3.8) is 0 Å². The minimum Gasteiger partial charge on any atom is -0.357 e. The highest BCUT2D eigenvalue weighted by Gasteiger charge is 2.23. The zero-order chi connectivity index (χ0) is 15.5. The van der Waals surface area contributed by atoms with Crippen LogP contribution in [-0.2, 0) is 6.54 Å². The van der Waals surface area contributed by atoms with Gasteiger partial charge in [0.15, 0.2) is 0 Å². The van der Waals surface area contributed by atoms with Gasteiger partial charge in [-0.15, -0.1) is 0 Å². The van der Waals surface area contributed by atoms with Gasteiger partial charge in [0.1, 0.15) is 5.82 Å². The number of nitrogens with one attached hydrogen (secondary N) is 1. The van der Waals surface area contributed by atoms with Crippen LogP contribution in [0.2, 0.25) is 5.02 Å². The Kier molecular flexibility index (Phi) is 5.50. The maximum atomic E-state index is 6.28. The van der Waals surface area contributed by atoms with Crippen LogP contribution in [0.3, 0.4) is 0 Å². The van der Waals surface area contributed by atoms with E-state index in [2.05, 4.69) is 49.0 Å². The van der Waals surface area contributed by atoms with Crippen molar-refractivity contribution in [3.8, 4) is 0 Å². The molecule has 0 saturated carbocycles. The van der Waals surface area contributed by atoms with Crippen molar-refractivity contribution in [2.75, 3.05) is 18.0 Å². The summed E-state index contributed by atoms with van der Waals surface area (Å²) in [6.07, 6.45) is 5.54. The molecule has 1 N–H and O–H groups in total. The quantitative estimate of drug-likeness (QED) is 0.901. The first kappa shape index (κ1) is 16.6. The van der Waals surface area contributed by atoms with Crippen molar-refractivity contribution in [3.05, 3.63) is 22.8 Å². The van der Waals surface area contributed by atoms with E-state index in [-0.39, 0.29) is 0 Å². The number of pyridine rings is 1. The molecule has 21 heavy (non-hydrogen) atoms. The monoisotopic (exact) mass is 309 g/mol. The lowest BCUT2D eigenvalue weighted by molar-refractivity contribution is 0.325. The summed E-state index contributed by atoms with van der Waals surface area (Å²) in [5.41, 5.74) is 1.59. The van der Waals surface area contributed by atoms with E-state index in [4.69, 9.17) is 11.6 Å². The number of hydrogen-bond acceptors (Lipinski definition) is 3. The van der Waals surface area contributed by atoms with Gasteiger partial charge >= 0.3 is 0 Å².